The molecule has 0 amide bonds. The van der Waals surface area contributed by atoms with Crippen molar-refractivity contribution in [3.63, 3.8) is 0 Å². The molecule has 2 aromatic rings. The molecule has 1 aromatic carbocycles. The van der Waals surface area contributed by atoms with Crippen LogP contribution in [0.1, 0.15) is 40.7 Å². The first-order valence-electron chi connectivity index (χ1n) is 8.82. The SMILES string of the molecule is COc1cc2c(c3oc(=O)c4c(c13)CCC4=O)[C@H]1[C@@H](O2)O[C@@H](OC(C)=O)[C@@H]1O. The highest BCUT2D eigenvalue weighted by molar-refractivity contribution is 6.06. The van der Waals surface area contributed by atoms with Crippen molar-refractivity contribution in [2.75, 3.05) is 7.11 Å². The van der Waals surface area contributed by atoms with Gasteiger partial charge in [-0.1, -0.05) is 0 Å². The van der Waals surface area contributed by atoms with Gasteiger partial charge in [0.2, 0.25) is 12.6 Å². The molecule has 0 saturated carbocycles. The number of ketones is 1. The molecular formula is C19H16O9. The highest BCUT2D eigenvalue weighted by Crippen LogP contribution is 2.52. The van der Waals surface area contributed by atoms with Gasteiger partial charge in [-0.25, -0.2) is 4.79 Å². The smallest absolute Gasteiger partial charge is 0.347 e. The second-order valence-corrected chi connectivity index (χ2v) is 6.98. The predicted octanol–water partition coefficient (Wildman–Crippen LogP) is 1.01. The number of Topliss-reactive ketones (excluding diaryl/α,β-unsaturated/α-hetero) is 1. The van der Waals surface area contributed by atoms with Crippen LogP contribution in [0, 0.1) is 0 Å². The lowest BCUT2D eigenvalue weighted by Crippen LogP contribution is -2.29. The van der Waals surface area contributed by atoms with Gasteiger partial charge in [-0.2, -0.15) is 0 Å². The Morgan fingerprint density at radius 3 is 2.79 bits per heavy atom. The van der Waals surface area contributed by atoms with E-state index in [1.807, 2.05) is 0 Å². The number of esters is 1. The molecule has 1 aromatic heterocycles. The molecule has 1 fully saturated rings. The van der Waals surface area contributed by atoms with Crippen LogP contribution in [-0.2, 0) is 20.7 Å². The minimum Gasteiger partial charge on any atom is -0.496 e. The van der Waals surface area contributed by atoms with Gasteiger partial charge in [-0.15, -0.1) is 0 Å². The quantitative estimate of drug-likeness (QED) is 0.593. The zero-order valence-electron chi connectivity index (χ0n) is 15.0. The maximum atomic E-state index is 12.5. The lowest BCUT2D eigenvalue weighted by molar-refractivity contribution is -0.200. The van der Waals surface area contributed by atoms with Gasteiger partial charge >= 0.3 is 11.6 Å². The highest BCUT2D eigenvalue weighted by Gasteiger charge is 2.54. The summed E-state index contributed by atoms with van der Waals surface area (Å²) >= 11 is 0. The number of aliphatic hydroxyl groups is 1. The molecule has 1 saturated heterocycles. The maximum Gasteiger partial charge on any atom is 0.347 e. The number of aryl methyl sites for hydroxylation is 1. The van der Waals surface area contributed by atoms with Crippen molar-refractivity contribution in [3.05, 3.63) is 33.2 Å². The largest absolute Gasteiger partial charge is 0.496 e. The molecule has 2 aliphatic heterocycles. The van der Waals surface area contributed by atoms with Gasteiger partial charge in [-0.05, 0) is 12.0 Å². The van der Waals surface area contributed by atoms with Crippen LogP contribution < -0.4 is 15.1 Å². The van der Waals surface area contributed by atoms with Crippen LogP contribution in [-0.4, -0.2) is 42.7 Å². The van der Waals surface area contributed by atoms with E-state index >= 15 is 0 Å². The molecule has 5 rings (SSSR count). The van der Waals surface area contributed by atoms with E-state index < -0.39 is 36.2 Å². The fourth-order valence-corrected chi connectivity index (χ4v) is 4.30. The van der Waals surface area contributed by atoms with Crippen molar-refractivity contribution in [3.8, 4) is 11.5 Å². The third-order valence-corrected chi connectivity index (χ3v) is 5.42. The lowest BCUT2D eigenvalue weighted by Gasteiger charge is -2.18. The Hall–Kier alpha value is -2.91. The summed E-state index contributed by atoms with van der Waals surface area (Å²) in [4.78, 5) is 35.8. The molecule has 28 heavy (non-hydrogen) atoms. The summed E-state index contributed by atoms with van der Waals surface area (Å²) in [5.74, 6) is -0.860. The zero-order valence-corrected chi connectivity index (χ0v) is 15.0. The van der Waals surface area contributed by atoms with Crippen LogP contribution in [0.5, 0.6) is 11.5 Å². The van der Waals surface area contributed by atoms with Crippen molar-refractivity contribution in [2.24, 2.45) is 0 Å². The van der Waals surface area contributed by atoms with Crippen LogP contribution in [0.4, 0.5) is 0 Å². The molecule has 9 heteroatoms. The van der Waals surface area contributed by atoms with E-state index in [0.717, 1.165) is 0 Å². The molecule has 0 unspecified atom stereocenters. The fourth-order valence-electron chi connectivity index (χ4n) is 4.30. The number of rotatable bonds is 2. The van der Waals surface area contributed by atoms with Crippen molar-refractivity contribution in [1.82, 2.24) is 0 Å². The number of hydrogen-bond acceptors (Lipinski definition) is 9. The molecule has 3 heterocycles. The Labute approximate surface area is 157 Å². The first kappa shape index (κ1) is 17.2. The van der Waals surface area contributed by atoms with E-state index in [4.69, 9.17) is 23.4 Å². The Bertz CT molecular complexity index is 1100. The first-order chi connectivity index (χ1) is 13.4. The monoisotopic (exact) mass is 388 g/mol. The Balaban J connectivity index is 1.75. The van der Waals surface area contributed by atoms with Gasteiger partial charge in [0, 0.05) is 19.4 Å². The van der Waals surface area contributed by atoms with Gasteiger partial charge in [0.15, 0.2) is 5.78 Å². The maximum absolute atomic E-state index is 12.5. The summed E-state index contributed by atoms with van der Waals surface area (Å²) < 4.78 is 27.2. The summed E-state index contributed by atoms with van der Waals surface area (Å²) in [5, 5.41) is 11.2. The van der Waals surface area contributed by atoms with Crippen LogP contribution >= 0.6 is 0 Å². The second-order valence-electron chi connectivity index (χ2n) is 6.98. The Kier molecular flexibility index (Phi) is 3.56. The van der Waals surface area contributed by atoms with E-state index in [2.05, 4.69) is 0 Å². The molecule has 0 radical (unpaired) electrons. The molecule has 4 atom stereocenters. The average Bonchev–Trinajstić information content (AvgIpc) is 3.28. The first-order valence-corrected chi connectivity index (χ1v) is 8.82. The predicted molar refractivity (Wildman–Crippen MR) is 91.5 cm³/mol. The number of hydrogen-bond donors (Lipinski definition) is 1. The second kappa shape index (κ2) is 5.79. The average molecular weight is 388 g/mol. The third-order valence-electron chi connectivity index (χ3n) is 5.42. The van der Waals surface area contributed by atoms with E-state index in [-0.39, 0.29) is 23.4 Å². The number of benzene rings is 1. The summed E-state index contributed by atoms with van der Waals surface area (Å²) in [6.07, 6.45) is -2.70. The van der Waals surface area contributed by atoms with Crippen molar-refractivity contribution < 1.29 is 38.1 Å². The fraction of sp³-hybridized carbons (Fsp3) is 0.421. The normalized spacial score (nSPS) is 27.3. The van der Waals surface area contributed by atoms with Gasteiger partial charge in [0.25, 0.3) is 0 Å². The molecule has 0 bridgehead atoms. The Morgan fingerprint density at radius 1 is 1.29 bits per heavy atom. The summed E-state index contributed by atoms with van der Waals surface area (Å²) in [5.41, 5.74) is 0.508. The molecule has 146 valence electrons. The van der Waals surface area contributed by atoms with Gasteiger partial charge in [0.05, 0.1) is 24.0 Å². The molecule has 1 aliphatic carbocycles. The number of carbonyl (C=O) groups is 2. The Morgan fingerprint density at radius 2 is 2.07 bits per heavy atom. The van der Waals surface area contributed by atoms with Gasteiger partial charge in [-0.3, -0.25) is 14.3 Å². The van der Waals surface area contributed by atoms with Crippen LogP contribution in [0.3, 0.4) is 0 Å². The molecule has 1 N–H and O–H groups in total. The van der Waals surface area contributed by atoms with Crippen molar-refractivity contribution in [1.29, 1.82) is 0 Å². The summed E-state index contributed by atoms with van der Waals surface area (Å²) in [6, 6.07) is 1.62. The van der Waals surface area contributed by atoms with E-state index in [0.29, 0.717) is 34.4 Å². The zero-order chi connectivity index (χ0) is 19.7. The topological polar surface area (TPSA) is 122 Å². The lowest BCUT2D eigenvalue weighted by atomic mass is 9.92. The minimum atomic E-state index is -1.22. The van der Waals surface area contributed by atoms with Crippen LogP contribution in [0.2, 0.25) is 0 Å². The van der Waals surface area contributed by atoms with Gasteiger partial charge < -0.3 is 23.7 Å². The minimum absolute atomic E-state index is 0.0437. The number of ether oxygens (including phenoxy) is 4. The van der Waals surface area contributed by atoms with Crippen molar-refractivity contribution in [2.45, 2.75) is 44.4 Å². The number of aliphatic hydroxyl groups excluding tert-OH is 1. The summed E-state index contributed by atoms with van der Waals surface area (Å²) in [6.45, 7) is 1.21. The molecule has 9 nitrogen and oxygen atoms in total. The highest BCUT2D eigenvalue weighted by atomic mass is 16.8. The third kappa shape index (κ3) is 2.17. The van der Waals surface area contributed by atoms with E-state index in [1.165, 1.54) is 14.0 Å². The van der Waals surface area contributed by atoms with E-state index in [9.17, 15) is 19.5 Å². The number of methoxy groups -OCH3 is 1. The van der Waals surface area contributed by atoms with Crippen molar-refractivity contribution >= 4 is 22.7 Å². The number of carbonyl (C=O) groups excluding carboxylic acids is 2. The number of fused-ring (bicyclic) bond motifs is 7. The van der Waals surface area contributed by atoms with Gasteiger partial charge in [0.1, 0.15) is 28.7 Å². The molecular weight excluding hydrogens is 372 g/mol. The summed E-state index contributed by atoms with van der Waals surface area (Å²) in [7, 11) is 1.47. The van der Waals surface area contributed by atoms with Crippen LogP contribution in [0.25, 0.3) is 11.0 Å². The standard InChI is InChI=1S/C19H16O9/c1-6(20)25-19-15(22)14-13-10(26-18(14)28-19)5-9(24-2)12-7-3-4-8(21)11(7)17(23)27-16(12)13/h5,14-15,18-19,22H,3-4H2,1-2H3/t14-,15-,18+,19-/m1/s1. The van der Waals surface area contributed by atoms with Crippen LogP contribution in [0.15, 0.2) is 15.3 Å². The van der Waals surface area contributed by atoms with E-state index in [1.54, 1.807) is 6.07 Å². The molecule has 0 spiro atoms. The molecule has 3 aliphatic rings.